The van der Waals surface area contributed by atoms with Crippen molar-refractivity contribution in [1.29, 1.82) is 0 Å². The maximum atomic E-state index is 10.6. The summed E-state index contributed by atoms with van der Waals surface area (Å²) in [5.74, 6) is 1.53. The first-order chi connectivity index (χ1) is 12.5. The quantitative estimate of drug-likeness (QED) is 0.292. The van der Waals surface area contributed by atoms with E-state index in [0.29, 0.717) is 19.0 Å². The van der Waals surface area contributed by atoms with Crippen LogP contribution >= 0.6 is 0 Å². The van der Waals surface area contributed by atoms with Gasteiger partial charge >= 0.3 is 0 Å². The number of oxime groups is 1. The summed E-state index contributed by atoms with van der Waals surface area (Å²) in [6, 6.07) is 13.6. The van der Waals surface area contributed by atoms with E-state index in [-0.39, 0.29) is 11.6 Å². The molecule has 0 fully saturated rings. The van der Waals surface area contributed by atoms with Crippen LogP contribution in [0.3, 0.4) is 0 Å². The molecule has 0 unspecified atom stereocenters. The molecule has 138 valence electrons. The summed E-state index contributed by atoms with van der Waals surface area (Å²) in [7, 11) is 1.53. The van der Waals surface area contributed by atoms with E-state index in [1.54, 1.807) is 12.1 Å². The van der Waals surface area contributed by atoms with Gasteiger partial charge in [0.25, 0.3) is 5.69 Å². The molecule has 0 heterocycles. The van der Waals surface area contributed by atoms with Crippen LogP contribution in [0.4, 0.5) is 5.69 Å². The summed E-state index contributed by atoms with van der Waals surface area (Å²) in [5.41, 5.74) is 1.89. The summed E-state index contributed by atoms with van der Waals surface area (Å²) in [6.07, 6.45) is 0. The van der Waals surface area contributed by atoms with E-state index in [4.69, 9.17) is 14.3 Å². The third-order valence-corrected chi connectivity index (χ3v) is 3.55. The van der Waals surface area contributed by atoms with Crippen LogP contribution in [0, 0.1) is 16.0 Å². The Labute approximate surface area is 152 Å². The Kier molecular flexibility index (Phi) is 6.96. The van der Waals surface area contributed by atoms with E-state index in [2.05, 4.69) is 19.0 Å². The zero-order chi connectivity index (χ0) is 18.9. The van der Waals surface area contributed by atoms with E-state index < -0.39 is 4.92 Å². The second kappa shape index (κ2) is 9.41. The molecule has 7 nitrogen and oxygen atoms in total. The van der Waals surface area contributed by atoms with Gasteiger partial charge in [-0.05, 0) is 47.9 Å². The molecule has 0 N–H and O–H groups in total. The van der Waals surface area contributed by atoms with Crippen LogP contribution in [0.2, 0.25) is 0 Å². The van der Waals surface area contributed by atoms with E-state index in [1.165, 1.54) is 19.2 Å². The van der Waals surface area contributed by atoms with Crippen LogP contribution in [-0.2, 0) is 4.84 Å². The highest BCUT2D eigenvalue weighted by atomic mass is 16.6. The van der Waals surface area contributed by atoms with Gasteiger partial charge in [-0.2, -0.15) is 0 Å². The third kappa shape index (κ3) is 5.47. The minimum Gasteiger partial charge on any atom is -0.490 e. The monoisotopic (exact) mass is 358 g/mol. The highest BCUT2D eigenvalue weighted by molar-refractivity contribution is 6.01. The van der Waals surface area contributed by atoms with E-state index in [1.807, 2.05) is 24.3 Å². The van der Waals surface area contributed by atoms with Crippen molar-refractivity contribution in [1.82, 2.24) is 0 Å². The molecule has 0 saturated heterocycles. The largest absolute Gasteiger partial charge is 0.490 e. The maximum absolute atomic E-state index is 10.6. The highest BCUT2D eigenvalue weighted by Crippen LogP contribution is 2.18. The van der Waals surface area contributed by atoms with Gasteiger partial charge in [0, 0.05) is 12.1 Å². The minimum absolute atomic E-state index is 0.0338. The van der Waals surface area contributed by atoms with Crippen molar-refractivity contribution in [2.24, 2.45) is 11.1 Å². The number of nitro groups is 1. The topological polar surface area (TPSA) is 83.2 Å². The van der Waals surface area contributed by atoms with Crippen molar-refractivity contribution in [2.75, 3.05) is 20.3 Å². The highest BCUT2D eigenvalue weighted by Gasteiger charge is 2.09. The zero-order valence-corrected chi connectivity index (χ0v) is 15.0. The zero-order valence-electron chi connectivity index (χ0n) is 15.0. The lowest BCUT2D eigenvalue weighted by atomic mass is 10.0. The molecule has 0 aliphatic heterocycles. The number of non-ortho nitro benzene ring substituents is 1. The molecule has 0 aliphatic carbocycles. The normalized spacial score (nSPS) is 11.3. The number of nitrogens with zero attached hydrogens (tertiary/aromatic N) is 2. The van der Waals surface area contributed by atoms with Gasteiger partial charge in [0.2, 0.25) is 0 Å². The van der Waals surface area contributed by atoms with Crippen molar-refractivity contribution in [3.63, 3.8) is 0 Å². The molecular weight excluding hydrogens is 336 g/mol. The first-order valence-electron chi connectivity index (χ1n) is 8.22. The molecule has 2 rings (SSSR count). The van der Waals surface area contributed by atoms with Gasteiger partial charge in [0.15, 0.2) is 0 Å². The maximum Gasteiger partial charge on any atom is 0.269 e. The number of benzene rings is 2. The van der Waals surface area contributed by atoms with Crippen LogP contribution in [0.15, 0.2) is 53.7 Å². The fraction of sp³-hybridized carbons (Fsp3) is 0.316. The molecule has 2 aromatic rings. The number of ether oxygens (including phenoxy) is 2. The van der Waals surface area contributed by atoms with Gasteiger partial charge in [-0.3, -0.25) is 10.1 Å². The number of nitro benzene ring substituents is 1. The summed E-state index contributed by atoms with van der Waals surface area (Å²) in [6.45, 7) is 4.80. The number of hydrogen-bond donors (Lipinski definition) is 0. The van der Waals surface area contributed by atoms with Gasteiger partial charge in [0.05, 0.1) is 10.6 Å². The van der Waals surface area contributed by atoms with Crippen molar-refractivity contribution in [3.05, 3.63) is 64.2 Å². The summed E-state index contributed by atoms with van der Waals surface area (Å²) >= 11 is 0. The Morgan fingerprint density at radius 1 is 1.00 bits per heavy atom. The SMILES string of the molecule is CO/N=C(\c1ccc(OCCOc2ccc([N+](=O)[O-])cc2)cc1)C(C)C. The summed E-state index contributed by atoms with van der Waals surface area (Å²) in [5, 5.41) is 14.7. The van der Waals surface area contributed by atoms with Crippen molar-refractivity contribution in [2.45, 2.75) is 13.8 Å². The van der Waals surface area contributed by atoms with Gasteiger partial charge in [-0.25, -0.2) is 0 Å². The average molecular weight is 358 g/mol. The molecule has 0 radical (unpaired) electrons. The lowest BCUT2D eigenvalue weighted by molar-refractivity contribution is -0.384. The van der Waals surface area contributed by atoms with E-state index >= 15 is 0 Å². The Morgan fingerprint density at radius 3 is 1.92 bits per heavy atom. The molecular formula is C19H22N2O5. The molecule has 0 bridgehead atoms. The first kappa shape index (κ1) is 19.2. The molecule has 0 spiro atoms. The Hall–Kier alpha value is -3.09. The second-order valence-corrected chi connectivity index (χ2v) is 5.79. The standard InChI is InChI=1S/C19H22N2O5/c1-14(2)19(20-24-3)15-4-8-17(9-5-15)25-12-13-26-18-10-6-16(7-11-18)21(22)23/h4-11,14H,12-13H2,1-3H3/b20-19-. The molecule has 0 aliphatic rings. The lowest BCUT2D eigenvalue weighted by Gasteiger charge is -2.11. The van der Waals surface area contributed by atoms with Crippen LogP contribution < -0.4 is 9.47 Å². The van der Waals surface area contributed by atoms with Gasteiger partial charge < -0.3 is 14.3 Å². The molecule has 0 aromatic heterocycles. The molecule has 26 heavy (non-hydrogen) atoms. The first-order valence-corrected chi connectivity index (χ1v) is 8.22. The van der Waals surface area contributed by atoms with E-state index in [9.17, 15) is 10.1 Å². The van der Waals surface area contributed by atoms with Crippen LogP contribution in [0.5, 0.6) is 11.5 Å². The van der Waals surface area contributed by atoms with Crippen LogP contribution in [0.1, 0.15) is 19.4 Å². The molecule has 0 saturated carbocycles. The van der Waals surface area contributed by atoms with Gasteiger partial charge in [-0.1, -0.05) is 19.0 Å². The Bertz CT molecular complexity index is 740. The van der Waals surface area contributed by atoms with Gasteiger partial charge in [0.1, 0.15) is 31.8 Å². The molecule has 7 heteroatoms. The van der Waals surface area contributed by atoms with Gasteiger partial charge in [-0.15, -0.1) is 0 Å². The van der Waals surface area contributed by atoms with Crippen LogP contribution in [0.25, 0.3) is 0 Å². The number of rotatable bonds is 9. The molecule has 2 aromatic carbocycles. The van der Waals surface area contributed by atoms with Crippen molar-refractivity contribution in [3.8, 4) is 11.5 Å². The smallest absolute Gasteiger partial charge is 0.269 e. The fourth-order valence-corrected chi connectivity index (χ4v) is 2.29. The van der Waals surface area contributed by atoms with Crippen molar-refractivity contribution < 1.29 is 19.2 Å². The fourth-order valence-electron chi connectivity index (χ4n) is 2.29. The average Bonchev–Trinajstić information content (AvgIpc) is 2.64. The second-order valence-electron chi connectivity index (χ2n) is 5.79. The summed E-state index contributed by atoms with van der Waals surface area (Å²) in [4.78, 5) is 15.0. The Balaban J connectivity index is 1.82. The Morgan fingerprint density at radius 2 is 1.50 bits per heavy atom. The molecule has 0 amide bonds. The summed E-state index contributed by atoms with van der Waals surface area (Å²) < 4.78 is 11.1. The third-order valence-electron chi connectivity index (χ3n) is 3.55. The number of hydrogen-bond acceptors (Lipinski definition) is 6. The van der Waals surface area contributed by atoms with Crippen molar-refractivity contribution >= 4 is 11.4 Å². The predicted molar refractivity (Wildman–Crippen MR) is 98.9 cm³/mol. The van der Waals surface area contributed by atoms with Crippen LogP contribution in [-0.4, -0.2) is 31.0 Å². The minimum atomic E-state index is -0.446. The lowest BCUT2D eigenvalue weighted by Crippen LogP contribution is -2.11. The van der Waals surface area contributed by atoms with E-state index in [0.717, 1.165) is 17.0 Å². The predicted octanol–water partition coefficient (Wildman–Crippen LogP) is 4.06. The molecule has 0 atom stereocenters.